The number of aromatic nitrogens is 3. The van der Waals surface area contributed by atoms with Crippen LogP contribution in [0.1, 0.15) is 0 Å². The largest absolute Gasteiger partial charge is 0.417 e. The van der Waals surface area contributed by atoms with Gasteiger partial charge in [-0.2, -0.15) is 4.98 Å². The molecule has 2 heterocycles. The SMILES string of the molecule is CNc1ccnc(Nc2ccc3oc(=O)[nH]c3c2)n1. The first-order valence-corrected chi connectivity index (χ1v) is 5.65. The highest BCUT2D eigenvalue weighted by atomic mass is 16.4. The van der Waals surface area contributed by atoms with Gasteiger partial charge in [0, 0.05) is 18.9 Å². The highest BCUT2D eigenvalue weighted by Gasteiger charge is 2.03. The van der Waals surface area contributed by atoms with Crippen LogP contribution in [-0.2, 0) is 0 Å². The number of aromatic amines is 1. The molecule has 19 heavy (non-hydrogen) atoms. The predicted molar refractivity (Wildman–Crippen MR) is 71.7 cm³/mol. The molecule has 96 valence electrons. The van der Waals surface area contributed by atoms with Gasteiger partial charge in [-0.15, -0.1) is 0 Å². The molecule has 0 bridgehead atoms. The third kappa shape index (κ3) is 2.25. The molecule has 0 unspecified atom stereocenters. The summed E-state index contributed by atoms with van der Waals surface area (Å²) in [4.78, 5) is 22.0. The number of hydrogen-bond donors (Lipinski definition) is 3. The lowest BCUT2D eigenvalue weighted by Crippen LogP contribution is -1.99. The Morgan fingerprint density at radius 2 is 2.21 bits per heavy atom. The molecule has 0 radical (unpaired) electrons. The minimum Gasteiger partial charge on any atom is -0.408 e. The number of benzene rings is 1. The van der Waals surface area contributed by atoms with Crippen LogP contribution >= 0.6 is 0 Å². The number of nitrogens with one attached hydrogen (secondary N) is 3. The Hall–Kier alpha value is -2.83. The quantitative estimate of drug-likeness (QED) is 0.661. The van der Waals surface area contributed by atoms with Crippen LogP contribution in [0.15, 0.2) is 39.7 Å². The fraction of sp³-hybridized carbons (Fsp3) is 0.0833. The van der Waals surface area contributed by atoms with Crippen LogP contribution in [0.3, 0.4) is 0 Å². The van der Waals surface area contributed by atoms with Gasteiger partial charge in [0.15, 0.2) is 5.58 Å². The Morgan fingerprint density at radius 1 is 1.32 bits per heavy atom. The van der Waals surface area contributed by atoms with E-state index in [0.29, 0.717) is 17.0 Å². The Kier molecular flexibility index (Phi) is 2.64. The molecule has 0 spiro atoms. The van der Waals surface area contributed by atoms with Crippen LogP contribution in [0.5, 0.6) is 0 Å². The van der Waals surface area contributed by atoms with Crippen LogP contribution in [-0.4, -0.2) is 22.0 Å². The van der Waals surface area contributed by atoms with Gasteiger partial charge < -0.3 is 15.1 Å². The minimum absolute atomic E-state index is 0.469. The van der Waals surface area contributed by atoms with E-state index in [9.17, 15) is 4.79 Å². The number of anilines is 3. The summed E-state index contributed by atoms with van der Waals surface area (Å²) in [5.41, 5.74) is 1.90. The maximum atomic E-state index is 11.1. The van der Waals surface area contributed by atoms with E-state index in [2.05, 4.69) is 25.6 Å². The highest BCUT2D eigenvalue weighted by molar-refractivity contribution is 5.77. The first-order chi connectivity index (χ1) is 9.24. The number of fused-ring (bicyclic) bond motifs is 1. The minimum atomic E-state index is -0.472. The molecule has 3 aromatic rings. The smallest absolute Gasteiger partial charge is 0.408 e. The molecule has 0 aliphatic heterocycles. The van der Waals surface area contributed by atoms with Gasteiger partial charge in [0.25, 0.3) is 0 Å². The number of oxazole rings is 1. The van der Waals surface area contributed by atoms with Crippen molar-refractivity contribution >= 4 is 28.6 Å². The van der Waals surface area contributed by atoms with Gasteiger partial charge in [-0.1, -0.05) is 0 Å². The Labute approximate surface area is 107 Å². The summed E-state index contributed by atoms with van der Waals surface area (Å²) in [5, 5.41) is 5.99. The van der Waals surface area contributed by atoms with E-state index in [0.717, 1.165) is 11.5 Å². The van der Waals surface area contributed by atoms with Gasteiger partial charge in [0.05, 0.1) is 5.52 Å². The first kappa shape index (κ1) is 11.3. The predicted octanol–water partition coefficient (Wildman–Crippen LogP) is 1.70. The van der Waals surface area contributed by atoms with Crippen molar-refractivity contribution in [1.82, 2.24) is 15.0 Å². The van der Waals surface area contributed by atoms with E-state index in [4.69, 9.17) is 4.42 Å². The van der Waals surface area contributed by atoms with Crippen molar-refractivity contribution in [3.63, 3.8) is 0 Å². The van der Waals surface area contributed by atoms with Crippen LogP contribution in [0.25, 0.3) is 11.1 Å². The van der Waals surface area contributed by atoms with Crippen molar-refractivity contribution in [3.8, 4) is 0 Å². The van der Waals surface area contributed by atoms with Gasteiger partial charge in [-0.25, -0.2) is 9.78 Å². The zero-order valence-corrected chi connectivity index (χ0v) is 10.1. The molecule has 0 aliphatic carbocycles. The van der Waals surface area contributed by atoms with Crippen molar-refractivity contribution in [2.45, 2.75) is 0 Å². The third-order valence-electron chi connectivity index (χ3n) is 2.59. The van der Waals surface area contributed by atoms with Gasteiger partial charge in [0.1, 0.15) is 5.82 Å². The summed E-state index contributed by atoms with van der Waals surface area (Å²) in [7, 11) is 1.79. The second-order valence-electron chi connectivity index (χ2n) is 3.87. The van der Waals surface area contributed by atoms with E-state index < -0.39 is 5.76 Å². The summed E-state index contributed by atoms with van der Waals surface area (Å²) >= 11 is 0. The number of rotatable bonds is 3. The monoisotopic (exact) mass is 257 g/mol. The number of H-pyrrole nitrogens is 1. The summed E-state index contributed by atoms with van der Waals surface area (Å²) in [6.45, 7) is 0. The molecular weight excluding hydrogens is 246 g/mol. The molecule has 2 aromatic heterocycles. The molecule has 7 heteroatoms. The fourth-order valence-corrected chi connectivity index (χ4v) is 1.72. The van der Waals surface area contributed by atoms with Crippen molar-refractivity contribution in [3.05, 3.63) is 41.0 Å². The van der Waals surface area contributed by atoms with Crippen LogP contribution in [0.4, 0.5) is 17.5 Å². The van der Waals surface area contributed by atoms with E-state index in [-0.39, 0.29) is 0 Å². The molecule has 7 nitrogen and oxygen atoms in total. The topological polar surface area (TPSA) is 95.8 Å². The fourth-order valence-electron chi connectivity index (χ4n) is 1.72. The lowest BCUT2D eigenvalue weighted by molar-refractivity contribution is 0.555. The zero-order valence-electron chi connectivity index (χ0n) is 10.1. The van der Waals surface area contributed by atoms with Gasteiger partial charge >= 0.3 is 5.76 Å². The third-order valence-corrected chi connectivity index (χ3v) is 2.59. The van der Waals surface area contributed by atoms with Gasteiger partial charge in [0.2, 0.25) is 5.95 Å². The number of nitrogens with zero attached hydrogens (tertiary/aromatic N) is 2. The molecule has 0 atom stereocenters. The standard InChI is InChI=1S/C12H11N5O2/c1-13-10-4-5-14-11(17-10)15-7-2-3-9-8(6-7)16-12(18)19-9/h2-6H,1H3,(H,16,18)(H2,13,14,15,17). The van der Waals surface area contributed by atoms with Crippen LogP contribution in [0, 0.1) is 0 Å². The van der Waals surface area contributed by atoms with E-state index in [1.807, 2.05) is 0 Å². The first-order valence-electron chi connectivity index (χ1n) is 5.65. The van der Waals surface area contributed by atoms with Gasteiger partial charge in [-0.3, -0.25) is 4.98 Å². The van der Waals surface area contributed by atoms with E-state index in [1.54, 1.807) is 37.5 Å². The Morgan fingerprint density at radius 3 is 3.05 bits per heavy atom. The van der Waals surface area contributed by atoms with E-state index in [1.165, 1.54) is 0 Å². The lowest BCUT2D eigenvalue weighted by atomic mass is 10.3. The second-order valence-corrected chi connectivity index (χ2v) is 3.87. The summed E-state index contributed by atoms with van der Waals surface area (Å²) in [5.74, 6) is 0.716. The maximum Gasteiger partial charge on any atom is 0.417 e. The summed E-state index contributed by atoms with van der Waals surface area (Å²) in [6, 6.07) is 7.02. The Bertz CT molecular complexity index is 777. The molecule has 0 saturated carbocycles. The average Bonchev–Trinajstić information content (AvgIpc) is 2.78. The van der Waals surface area contributed by atoms with E-state index >= 15 is 0 Å². The van der Waals surface area contributed by atoms with Crippen LogP contribution in [0.2, 0.25) is 0 Å². The van der Waals surface area contributed by atoms with Gasteiger partial charge in [-0.05, 0) is 24.3 Å². The molecule has 3 rings (SSSR count). The zero-order chi connectivity index (χ0) is 13.2. The number of hydrogen-bond acceptors (Lipinski definition) is 6. The highest BCUT2D eigenvalue weighted by Crippen LogP contribution is 2.19. The molecule has 3 N–H and O–H groups in total. The molecule has 0 saturated heterocycles. The summed E-state index contributed by atoms with van der Waals surface area (Å²) < 4.78 is 4.93. The summed E-state index contributed by atoms with van der Waals surface area (Å²) in [6.07, 6.45) is 1.65. The molecule has 1 aromatic carbocycles. The van der Waals surface area contributed by atoms with Crippen molar-refractivity contribution < 1.29 is 4.42 Å². The lowest BCUT2D eigenvalue weighted by Gasteiger charge is -2.05. The van der Waals surface area contributed by atoms with Crippen molar-refractivity contribution in [1.29, 1.82) is 0 Å². The van der Waals surface area contributed by atoms with Crippen LogP contribution < -0.4 is 16.4 Å². The second kappa shape index (κ2) is 4.45. The Balaban J connectivity index is 1.93. The van der Waals surface area contributed by atoms with Crippen molar-refractivity contribution in [2.24, 2.45) is 0 Å². The molecule has 0 amide bonds. The maximum absolute atomic E-state index is 11.1. The molecular formula is C12H11N5O2. The average molecular weight is 257 g/mol. The molecule has 0 fully saturated rings. The molecule has 0 aliphatic rings. The van der Waals surface area contributed by atoms with Crippen molar-refractivity contribution in [2.75, 3.05) is 17.7 Å². The normalized spacial score (nSPS) is 10.6.